The highest BCUT2D eigenvalue weighted by molar-refractivity contribution is 4.97. The van der Waals surface area contributed by atoms with Crippen LogP contribution < -0.4 is 10.2 Å². The minimum absolute atomic E-state index is 0.576. The van der Waals surface area contributed by atoms with Gasteiger partial charge in [0.15, 0.2) is 18.2 Å². The van der Waals surface area contributed by atoms with Gasteiger partial charge in [0, 0.05) is 6.42 Å². The van der Waals surface area contributed by atoms with Gasteiger partial charge in [0.05, 0.1) is 13.6 Å². The van der Waals surface area contributed by atoms with E-state index >= 15 is 0 Å². The third kappa shape index (κ3) is 0.643. The number of likely N-dealkylation sites (N-methyl/N-ethyl adjacent to an activating group) is 1. The van der Waals surface area contributed by atoms with Crippen molar-refractivity contribution in [1.29, 1.82) is 0 Å². The molecule has 11 heavy (non-hydrogen) atoms. The van der Waals surface area contributed by atoms with Crippen LogP contribution in [0.2, 0.25) is 0 Å². The number of morpholine rings is 1. The number of ether oxygens (including phenoxy) is 1. The molecule has 3 saturated heterocycles. The fourth-order valence-electron chi connectivity index (χ4n) is 3.26. The molecule has 2 bridgehead atoms. The summed E-state index contributed by atoms with van der Waals surface area (Å²) in [5.74, 6) is 0. The van der Waals surface area contributed by atoms with Crippen molar-refractivity contribution in [1.82, 2.24) is 0 Å². The molecule has 3 aliphatic rings. The first-order chi connectivity index (χ1) is 5.40. The second-order valence-corrected chi connectivity index (χ2v) is 4.05. The molecule has 3 aliphatic heterocycles. The molecule has 3 nitrogen and oxygen atoms in total. The maximum absolute atomic E-state index is 5.90. The molecule has 5 unspecified atom stereocenters. The summed E-state index contributed by atoms with van der Waals surface area (Å²) in [5, 5.41) is 2.35. The average molecular weight is 156 g/mol. The van der Waals surface area contributed by atoms with E-state index in [0.29, 0.717) is 12.2 Å². The molecule has 0 aromatic rings. The Bertz CT molecular complexity index is 171. The van der Waals surface area contributed by atoms with Gasteiger partial charge in [-0.15, -0.1) is 0 Å². The van der Waals surface area contributed by atoms with Crippen molar-refractivity contribution in [3.8, 4) is 0 Å². The van der Waals surface area contributed by atoms with Crippen molar-refractivity contribution >= 4 is 0 Å². The zero-order chi connectivity index (χ0) is 7.42. The average Bonchev–Trinajstić information content (AvgIpc) is 2.55. The van der Waals surface area contributed by atoms with E-state index < -0.39 is 0 Å². The summed E-state index contributed by atoms with van der Waals surface area (Å²) in [6, 6.07) is 1.61. The number of fused-ring (bicyclic) bond motifs is 1. The van der Waals surface area contributed by atoms with Crippen molar-refractivity contribution in [2.24, 2.45) is 0 Å². The van der Waals surface area contributed by atoms with Gasteiger partial charge in [0.25, 0.3) is 0 Å². The van der Waals surface area contributed by atoms with E-state index in [1.807, 2.05) is 4.90 Å². The van der Waals surface area contributed by atoms with Gasteiger partial charge in [-0.3, -0.25) is 0 Å². The van der Waals surface area contributed by atoms with Gasteiger partial charge in [-0.1, -0.05) is 0 Å². The van der Waals surface area contributed by atoms with Gasteiger partial charge in [-0.05, 0) is 0 Å². The van der Waals surface area contributed by atoms with Crippen molar-refractivity contribution in [2.45, 2.75) is 30.7 Å². The Morgan fingerprint density at radius 2 is 2.36 bits per heavy atom. The molecular weight excluding hydrogens is 140 g/mol. The molecular formula is C8H16N2O+2. The lowest BCUT2D eigenvalue weighted by Crippen LogP contribution is -3.15. The second kappa shape index (κ2) is 1.97. The molecule has 0 aliphatic carbocycles. The molecule has 3 rings (SSSR count). The molecule has 0 aromatic carbocycles. The van der Waals surface area contributed by atoms with Gasteiger partial charge in [0.2, 0.25) is 0 Å². The number of nitrogens with two attached hydrogens (primary N) is 1. The lowest BCUT2D eigenvalue weighted by Gasteiger charge is -2.17. The van der Waals surface area contributed by atoms with Gasteiger partial charge in [-0.2, -0.15) is 0 Å². The van der Waals surface area contributed by atoms with Crippen molar-refractivity contribution in [3.05, 3.63) is 0 Å². The molecule has 0 spiro atoms. The number of rotatable bonds is 1. The van der Waals surface area contributed by atoms with Gasteiger partial charge in [-0.25, -0.2) is 0 Å². The largest absolute Gasteiger partial charge is 0.356 e. The summed E-state index contributed by atoms with van der Waals surface area (Å²) < 4.78 is 5.90. The van der Waals surface area contributed by atoms with Crippen molar-refractivity contribution in [2.75, 3.05) is 20.1 Å². The van der Waals surface area contributed by atoms with Crippen molar-refractivity contribution < 1.29 is 15.0 Å². The standard InChI is InChI=1S/C8H14N2O/c1-9-7-6-4-10-3-2-5(11-6)8(7)10/h5-9H,2-4H2,1H3/p+2. The van der Waals surface area contributed by atoms with Crippen LogP contribution in [-0.4, -0.2) is 44.4 Å². The minimum Gasteiger partial charge on any atom is -0.356 e. The van der Waals surface area contributed by atoms with Crippen LogP contribution in [0.1, 0.15) is 6.42 Å². The maximum Gasteiger partial charge on any atom is 0.173 e. The normalized spacial score (nSPS) is 59.2. The highest BCUT2D eigenvalue weighted by atomic mass is 16.5. The van der Waals surface area contributed by atoms with Crippen LogP contribution in [-0.2, 0) is 4.74 Å². The maximum atomic E-state index is 5.90. The van der Waals surface area contributed by atoms with Crippen LogP contribution in [0.4, 0.5) is 0 Å². The van der Waals surface area contributed by atoms with E-state index in [4.69, 9.17) is 4.74 Å². The molecule has 3 heterocycles. The van der Waals surface area contributed by atoms with Crippen molar-refractivity contribution in [3.63, 3.8) is 0 Å². The summed E-state index contributed by atoms with van der Waals surface area (Å²) in [5.41, 5.74) is 0. The Morgan fingerprint density at radius 1 is 1.45 bits per heavy atom. The summed E-state index contributed by atoms with van der Waals surface area (Å²) in [6.07, 6.45) is 2.50. The highest BCUT2D eigenvalue weighted by Gasteiger charge is 2.62. The first-order valence-electron chi connectivity index (χ1n) is 4.69. The van der Waals surface area contributed by atoms with E-state index in [0.717, 1.165) is 12.1 Å². The van der Waals surface area contributed by atoms with Crippen LogP contribution in [0, 0.1) is 0 Å². The number of nitrogens with one attached hydrogen (secondary N) is 1. The van der Waals surface area contributed by atoms with Gasteiger partial charge < -0.3 is 15.0 Å². The quantitative estimate of drug-likeness (QED) is 0.416. The molecule has 0 radical (unpaired) electrons. The van der Waals surface area contributed by atoms with Gasteiger partial charge >= 0.3 is 0 Å². The Kier molecular flexibility index (Phi) is 1.15. The number of quaternary nitrogens is 2. The summed E-state index contributed by atoms with van der Waals surface area (Å²) in [7, 11) is 2.19. The lowest BCUT2D eigenvalue weighted by molar-refractivity contribution is -0.915. The molecule has 0 aromatic heterocycles. The first-order valence-corrected chi connectivity index (χ1v) is 4.69. The van der Waals surface area contributed by atoms with Crippen LogP contribution in [0.25, 0.3) is 0 Å². The first kappa shape index (κ1) is 6.40. The van der Waals surface area contributed by atoms with E-state index in [9.17, 15) is 0 Å². The van der Waals surface area contributed by atoms with Gasteiger partial charge in [0.1, 0.15) is 12.6 Å². The Hall–Kier alpha value is -0.120. The van der Waals surface area contributed by atoms with Crippen LogP contribution in [0.3, 0.4) is 0 Å². The Balaban J connectivity index is 1.93. The molecule has 62 valence electrons. The topological polar surface area (TPSA) is 30.3 Å². The zero-order valence-corrected chi connectivity index (χ0v) is 6.92. The van der Waals surface area contributed by atoms with E-state index in [1.165, 1.54) is 19.5 Å². The van der Waals surface area contributed by atoms with Crippen LogP contribution in [0.5, 0.6) is 0 Å². The van der Waals surface area contributed by atoms with Crippen LogP contribution >= 0.6 is 0 Å². The predicted octanol–water partition coefficient (Wildman–Crippen LogP) is -3.01. The minimum atomic E-state index is 0.576. The molecule has 3 N–H and O–H groups in total. The fraction of sp³-hybridized carbons (Fsp3) is 1.00. The fourth-order valence-corrected chi connectivity index (χ4v) is 3.26. The zero-order valence-electron chi connectivity index (χ0n) is 6.92. The molecule has 3 heteroatoms. The predicted molar refractivity (Wildman–Crippen MR) is 39.4 cm³/mol. The molecule has 3 fully saturated rings. The summed E-state index contributed by atoms with van der Waals surface area (Å²) in [4.78, 5) is 1.81. The smallest absolute Gasteiger partial charge is 0.173 e. The third-order valence-electron chi connectivity index (χ3n) is 3.66. The second-order valence-electron chi connectivity index (χ2n) is 4.05. The molecule has 5 atom stereocenters. The number of hydrogen-bond donors (Lipinski definition) is 2. The SMILES string of the molecule is C[NH2+]C1C2C[NH+]3CCC(O2)C13. The van der Waals surface area contributed by atoms with E-state index in [-0.39, 0.29) is 0 Å². The third-order valence-corrected chi connectivity index (χ3v) is 3.66. The summed E-state index contributed by atoms with van der Waals surface area (Å²) in [6.45, 7) is 2.63. The highest BCUT2D eigenvalue weighted by Crippen LogP contribution is 2.26. The monoisotopic (exact) mass is 156 g/mol. The van der Waals surface area contributed by atoms with E-state index in [1.54, 1.807) is 0 Å². The van der Waals surface area contributed by atoms with Crippen LogP contribution in [0.15, 0.2) is 0 Å². The lowest BCUT2D eigenvalue weighted by atomic mass is 10.1. The Labute approximate surface area is 66.7 Å². The number of hydrogen-bond acceptors (Lipinski definition) is 1. The molecule has 0 saturated carbocycles. The molecule has 0 amide bonds. The Morgan fingerprint density at radius 3 is 3.00 bits per heavy atom. The van der Waals surface area contributed by atoms with E-state index in [2.05, 4.69) is 12.4 Å². The summed E-state index contributed by atoms with van der Waals surface area (Å²) >= 11 is 0.